The molecule has 4 aromatic carbocycles. The Labute approximate surface area is 245 Å². The molecule has 6 rings (SSSR count). The number of carbonyl (C=O) groups excluding carboxylic acids is 1. The zero-order chi connectivity index (χ0) is 28.1. The van der Waals surface area contributed by atoms with Crippen LogP contribution in [0.15, 0.2) is 103 Å². The molecule has 41 heavy (non-hydrogen) atoms. The highest BCUT2D eigenvalue weighted by atomic mass is 16.2. The molecule has 4 heteroatoms. The van der Waals surface area contributed by atoms with Crippen molar-refractivity contribution in [3.05, 3.63) is 114 Å². The molecule has 0 aromatic heterocycles. The van der Waals surface area contributed by atoms with Gasteiger partial charge in [0.05, 0.1) is 0 Å². The molecule has 1 N–H and O–H groups in total. The predicted molar refractivity (Wildman–Crippen MR) is 170 cm³/mol. The summed E-state index contributed by atoms with van der Waals surface area (Å²) in [7, 11) is 0. The number of unbranched alkanes of at least 4 members (excludes halogenated alkanes) is 1. The van der Waals surface area contributed by atoms with Crippen molar-refractivity contribution in [3.63, 3.8) is 0 Å². The lowest BCUT2D eigenvalue weighted by molar-refractivity contribution is -0.125. The molecular formula is C37H41N3O. The summed E-state index contributed by atoms with van der Waals surface area (Å²) in [5, 5.41) is 3.27. The lowest BCUT2D eigenvalue weighted by Gasteiger charge is -2.36. The van der Waals surface area contributed by atoms with Gasteiger partial charge in [-0.1, -0.05) is 104 Å². The van der Waals surface area contributed by atoms with E-state index in [0.717, 1.165) is 58.4 Å². The molecule has 2 aliphatic rings. The molecule has 4 aromatic rings. The van der Waals surface area contributed by atoms with Crippen LogP contribution >= 0.6 is 0 Å². The summed E-state index contributed by atoms with van der Waals surface area (Å²) >= 11 is 0. The third kappa shape index (κ3) is 5.41. The Morgan fingerprint density at radius 3 is 1.93 bits per heavy atom. The number of rotatable bonds is 10. The highest BCUT2D eigenvalue weighted by molar-refractivity contribution is 6.00. The van der Waals surface area contributed by atoms with Crippen molar-refractivity contribution < 1.29 is 4.79 Å². The van der Waals surface area contributed by atoms with Crippen LogP contribution in [0, 0.1) is 0 Å². The van der Waals surface area contributed by atoms with Gasteiger partial charge in [0.25, 0.3) is 0 Å². The molecule has 1 amide bonds. The van der Waals surface area contributed by atoms with E-state index in [9.17, 15) is 4.79 Å². The van der Waals surface area contributed by atoms with Crippen molar-refractivity contribution in [2.45, 2.75) is 38.0 Å². The third-order valence-electron chi connectivity index (χ3n) is 8.98. The number of nitrogens with one attached hydrogen (secondary N) is 1. The SMILES string of the molecule is CCCNC(=O)C1(CCCCN2CCN(c3ccc(-c4ccccc4)cc3)CC2)c2ccccc2-c2ccccc21. The van der Waals surface area contributed by atoms with Crippen LogP contribution in [-0.2, 0) is 10.2 Å². The van der Waals surface area contributed by atoms with Crippen LogP contribution in [0.5, 0.6) is 0 Å². The molecule has 1 fully saturated rings. The summed E-state index contributed by atoms with van der Waals surface area (Å²) in [6, 6.07) is 36.6. The standard InChI is InChI=1S/C37H41N3O/c1-2-23-38-36(41)37(34-16-8-6-14-32(34)33-15-7-9-17-35(33)37)22-10-11-24-39-25-27-40(28-26-39)31-20-18-30(19-21-31)29-12-4-3-5-13-29/h3-9,12-21H,2,10-11,22-28H2,1H3,(H,38,41). The molecule has 1 aliphatic carbocycles. The summed E-state index contributed by atoms with van der Waals surface area (Å²) < 4.78 is 0. The van der Waals surface area contributed by atoms with Crippen LogP contribution in [0.2, 0.25) is 0 Å². The van der Waals surface area contributed by atoms with Crippen molar-refractivity contribution in [3.8, 4) is 22.3 Å². The molecule has 210 valence electrons. The van der Waals surface area contributed by atoms with Crippen LogP contribution in [0.1, 0.15) is 43.7 Å². The van der Waals surface area contributed by atoms with Crippen LogP contribution in [0.25, 0.3) is 22.3 Å². The largest absolute Gasteiger partial charge is 0.369 e. The van der Waals surface area contributed by atoms with Gasteiger partial charge in [0.1, 0.15) is 5.41 Å². The lowest BCUT2D eigenvalue weighted by Crippen LogP contribution is -2.47. The normalized spacial score (nSPS) is 15.8. The number of piperazine rings is 1. The molecule has 1 heterocycles. The van der Waals surface area contributed by atoms with Gasteiger partial charge in [-0.3, -0.25) is 9.69 Å². The summed E-state index contributed by atoms with van der Waals surface area (Å²) in [5.41, 5.74) is 7.99. The van der Waals surface area contributed by atoms with E-state index >= 15 is 0 Å². The summed E-state index contributed by atoms with van der Waals surface area (Å²) in [6.45, 7) is 8.16. The fraction of sp³-hybridized carbons (Fsp3) is 0.324. The molecule has 0 atom stereocenters. The number of carbonyl (C=O) groups is 1. The number of nitrogens with zero attached hydrogens (tertiary/aromatic N) is 2. The first-order valence-electron chi connectivity index (χ1n) is 15.3. The summed E-state index contributed by atoms with van der Waals surface area (Å²) in [4.78, 5) is 19.0. The minimum Gasteiger partial charge on any atom is -0.369 e. The van der Waals surface area contributed by atoms with Gasteiger partial charge in [0.15, 0.2) is 0 Å². The van der Waals surface area contributed by atoms with E-state index in [1.165, 1.54) is 39.1 Å². The Kier molecular flexibility index (Phi) is 8.20. The molecule has 1 aliphatic heterocycles. The second kappa shape index (κ2) is 12.3. The van der Waals surface area contributed by atoms with E-state index < -0.39 is 5.41 Å². The first-order valence-corrected chi connectivity index (χ1v) is 15.3. The maximum atomic E-state index is 13.9. The van der Waals surface area contributed by atoms with Crippen molar-refractivity contribution in [1.82, 2.24) is 10.2 Å². The topological polar surface area (TPSA) is 35.6 Å². The molecule has 1 saturated heterocycles. The van der Waals surface area contributed by atoms with Gasteiger partial charge in [0, 0.05) is 38.4 Å². The maximum Gasteiger partial charge on any atom is 0.235 e. The Bertz CT molecular complexity index is 1410. The molecular weight excluding hydrogens is 502 g/mol. The minimum absolute atomic E-state index is 0.156. The van der Waals surface area contributed by atoms with E-state index in [1.807, 2.05) is 0 Å². The minimum atomic E-state index is -0.604. The highest BCUT2D eigenvalue weighted by Crippen LogP contribution is 2.51. The first-order chi connectivity index (χ1) is 20.2. The van der Waals surface area contributed by atoms with Gasteiger partial charge in [-0.05, 0) is 71.3 Å². The number of anilines is 1. The van der Waals surface area contributed by atoms with Gasteiger partial charge in [-0.2, -0.15) is 0 Å². The fourth-order valence-corrected chi connectivity index (χ4v) is 6.79. The molecule has 0 radical (unpaired) electrons. The Balaban J connectivity index is 1.07. The molecule has 4 nitrogen and oxygen atoms in total. The quantitative estimate of drug-likeness (QED) is 0.216. The lowest BCUT2D eigenvalue weighted by atomic mass is 9.73. The highest BCUT2D eigenvalue weighted by Gasteiger charge is 2.48. The number of amides is 1. The zero-order valence-electron chi connectivity index (χ0n) is 24.2. The van der Waals surface area contributed by atoms with Crippen molar-refractivity contribution in [2.75, 3.05) is 44.2 Å². The average molecular weight is 544 g/mol. The van der Waals surface area contributed by atoms with Crippen molar-refractivity contribution >= 4 is 11.6 Å². The van der Waals surface area contributed by atoms with Crippen LogP contribution in [-0.4, -0.2) is 50.1 Å². The van der Waals surface area contributed by atoms with Crippen LogP contribution in [0.3, 0.4) is 0 Å². The van der Waals surface area contributed by atoms with Gasteiger partial charge in [0.2, 0.25) is 5.91 Å². The van der Waals surface area contributed by atoms with E-state index in [4.69, 9.17) is 0 Å². The second-order valence-corrected chi connectivity index (χ2v) is 11.5. The number of fused-ring (bicyclic) bond motifs is 3. The van der Waals surface area contributed by atoms with Gasteiger partial charge >= 0.3 is 0 Å². The van der Waals surface area contributed by atoms with Gasteiger partial charge in [-0.15, -0.1) is 0 Å². The van der Waals surface area contributed by atoms with Gasteiger partial charge in [-0.25, -0.2) is 0 Å². The molecule has 0 unspecified atom stereocenters. The molecule has 0 saturated carbocycles. The zero-order valence-corrected chi connectivity index (χ0v) is 24.2. The summed E-state index contributed by atoms with van der Waals surface area (Å²) in [5.74, 6) is 0.156. The van der Waals surface area contributed by atoms with E-state index in [-0.39, 0.29) is 5.91 Å². The monoisotopic (exact) mass is 543 g/mol. The van der Waals surface area contributed by atoms with E-state index in [0.29, 0.717) is 6.54 Å². The third-order valence-corrected chi connectivity index (χ3v) is 8.98. The Morgan fingerprint density at radius 1 is 0.707 bits per heavy atom. The van der Waals surface area contributed by atoms with Crippen LogP contribution < -0.4 is 10.2 Å². The molecule has 0 bridgehead atoms. The maximum absolute atomic E-state index is 13.9. The number of hydrogen-bond donors (Lipinski definition) is 1. The van der Waals surface area contributed by atoms with Crippen LogP contribution in [0.4, 0.5) is 5.69 Å². The van der Waals surface area contributed by atoms with Crippen molar-refractivity contribution in [1.29, 1.82) is 0 Å². The van der Waals surface area contributed by atoms with Crippen molar-refractivity contribution in [2.24, 2.45) is 0 Å². The molecule has 0 spiro atoms. The fourth-order valence-electron chi connectivity index (χ4n) is 6.79. The van der Waals surface area contributed by atoms with Gasteiger partial charge < -0.3 is 10.2 Å². The predicted octanol–water partition coefficient (Wildman–Crippen LogP) is 7.14. The number of benzene rings is 4. The van der Waals surface area contributed by atoms with E-state index in [1.54, 1.807) is 0 Å². The number of hydrogen-bond acceptors (Lipinski definition) is 3. The summed E-state index contributed by atoms with van der Waals surface area (Å²) in [6.07, 6.45) is 3.89. The Morgan fingerprint density at radius 2 is 1.29 bits per heavy atom. The van der Waals surface area contributed by atoms with E-state index in [2.05, 4.69) is 125 Å². The Hall–Kier alpha value is -3.89. The smallest absolute Gasteiger partial charge is 0.235 e. The first kappa shape index (κ1) is 27.3. The average Bonchev–Trinajstić information content (AvgIpc) is 3.33. The second-order valence-electron chi connectivity index (χ2n) is 11.5.